The van der Waals surface area contributed by atoms with E-state index in [0.29, 0.717) is 5.95 Å². The molecule has 3 aromatic rings. The first kappa shape index (κ1) is 13.1. The van der Waals surface area contributed by atoms with Crippen molar-refractivity contribution in [2.24, 2.45) is 0 Å². The highest BCUT2D eigenvalue weighted by Gasteiger charge is 2.03. The van der Waals surface area contributed by atoms with E-state index in [1.54, 1.807) is 4.52 Å². The summed E-state index contributed by atoms with van der Waals surface area (Å²) in [5.74, 6) is 0.641. The third-order valence-corrected chi connectivity index (χ3v) is 3.65. The number of hydrogen-bond donors (Lipinski definition) is 1. The summed E-state index contributed by atoms with van der Waals surface area (Å²) in [5.41, 5.74) is 3.41. The first-order chi connectivity index (χ1) is 9.74. The largest absolute Gasteiger partial charge is 0.349 e. The number of benzene rings is 1. The van der Waals surface area contributed by atoms with Gasteiger partial charge in [0.2, 0.25) is 5.95 Å². The van der Waals surface area contributed by atoms with Crippen LogP contribution < -0.4 is 5.32 Å². The first-order valence-electron chi connectivity index (χ1n) is 6.58. The average molecular weight is 331 g/mol. The Labute approximate surface area is 126 Å². The molecule has 0 spiro atoms. The lowest BCUT2D eigenvalue weighted by molar-refractivity contribution is 0.946. The van der Waals surface area contributed by atoms with Gasteiger partial charge in [0.1, 0.15) is 0 Å². The minimum absolute atomic E-state index is 0.641. The molecule has 0 saturated heterocycles. The second kappa shape index (κ2) is 5.63. The Morgan fingerprint density at radius 3 is 2.60 bits per heavy atom. The molecule has 5 heteroatoms. The van der Waals surface area contributed by atoms with Crippen LogP contribution in [0.15, 0.2) is 47.1 Å². The number of aryl methyl sites for hydroxylation is 1. The van der Waals surface area contributed by atoms with Crippen molar-refractivity contribution < 1.29 is 0 Å². The molecule has 0 radical (unpaired) electrons. The Balaban J connectivity index is 1.72. The van der Waals surface area contributed by atoms with Crippen LogP contribution in [0.3, 0.4) is 0 Å². The lowest BCUT2D eigenvalue weighted by Gasteiger charge is -2.03. The molecular weight excluding hydrogens is 316 g/mol. The third-order valence-electron chi connectivity index (χ3n) is 3.18. The monoisotopic (exact) mass is 330 g/mol. The fourth-order valence-corrected chi connectivity index (χ4v) is 2.33. The van der Waals surface area contributed by atoms with Gasteiger partial charge >= 0.3 is 0 Å². The number of hydrogen-bond acceptors (Lipinski definition) is 3. The van der Waals surface area contributed by atoms with Crippen LogP contribution in [0.4, 0.5) is 5.95 Å². The van der Waals surface area contributed by atoms with Crippen molar-refractivity contribution in [2.45, 2.75) is 19.9 Å². The van der Waals surface area contributed by atoms with Gasteiger partial charge in [0, 0.05) is 17.2 Å². The summed E-state index contributed by atoms with van der Waals surface area (Å²) < 4.78 is 2.74. The highest BCUT2D eigenvalue weighted by Crippen LogP contribution is 2.13. The second-order valence-electron chi connectivity index (χ2n) is 4.61. The number of aromatic nitrogens is 3. The Hall–Kier alpha value is -1.88. The normalized spacial score (nSPS) is 10.9. The van der Waals surface area contributed by atoms with Gasteiger partial charge in [0.25, 0.3) is 0 Å². The molecule has 0 fully saturated rings. The van der Waals surface area contributed by atoms with Gasteiger partial charge in [-0.3, -0.25) is 0 Å². The topological polar surface area (TPSA) is 42.2 Å². The summed E-state index contributed by atoms with van der Waals surface area (Å²) in [6, 6.07) is 12.5. The molecule has 1 aromatic carbocycles. The molecule has 1 N–H and O–H groups in total. The summed E-state index contributed by atoms with van der Waals surface area (Å²) in [7, 11) is 0. The molecule has 2 heterocycles. The van der Waals surface area contributed by atoms with E-state index in [1.807, 2.05) is 18.3 Å². The lowest BCUT2D eigenvalue weighted by Crippen LogP contribution is -2.01. The van der Waals surface area contributed by atoms with Crippen molar-refractivity contribution in [1.82, 2.24) is 14.6 Å². The Bertz CT molecular complexity index is 718. The fraction of sp³-hybridized carbons (Fsp3) is 0.200. The summed E-state index contributed by atoms with van der Waals surface area (Å²) in [4.78, 5) is 4.42. The molecule has 102 valence electrons. The van der Waals surface area contributed by atoms with Gasteiger partial charge in [0.15, 0.2) is 5.65 Å². The molecular formula is C15H15BrN4. The molecule has 0 aliphatic rings. The predicted molar refractivity (Wildman–Crippen MR) is 83.8 cm³/mol. The molecule has 0 atom stereocenters. The predicted octanol–water partition coefficient (Wildman–Crippen LogP) is 3.67. The average Bonchev–Trinajstić information content (AvgIpc) is 2.87. The zero-order chi connectivity index (χ0) is 13.9. The fourth-order valence-electron chi connectivity index (χ4n) is 2.01. The number of anilines is 1. The van der Waals surface area contributed by atoms with Gasteiger partial charge < -0.3 is 5.32 Å². The van der Waals surface area contributed by atoms with Crippen molar-refractivity contribution in [2.75, 3.05) is 5.32 Å². The molecule has 2 aromatic heterocycles. The van der Waals surface area contributed by atoms with E-state index in [1.165, 1.54) is 11.1 Å². The van der Waals surface area contributed by atoms with Crippen molar-refractivity contribution in [1.29, 1.82) is 0 Å². The first-order valence-corrected chi connectivity index (χ1v) is 7.37. The molecule has 4 nitrogen and oxygen atoms in total. The van der Waals surface area contributed by atoms with Crippen LogP contribution in [0.5, 0.6) is 0 Å². The Morgan fingerprint density at radius 1 is 1.10 bits per heavy atom. The Kier molecular flexibility index (Phi) is 3.69. The molecule has 0 amide bonds. The zero-order valence-electron chi connectivity index (χ0n) is 11.2. The summed E-state index contributed by atoms with van der Waals surface area (Å²) >= 11 is 3.42. The van der Waals surface area contributed by atoms with Crippen LogP contribution in [-0.2, 0) is 13.0 Å². The number of rotatable bonds is 4. The third kappa shape index (κ3) is 2.82. The van der Waals surface area contributed by atoms with Gasteiger partial charge in [0.05, 0.1) is 0 Å². The lowest BCUT2D eigenvalue weighted by atomic mass is 10.1. The van der Waals surface area contributed by atoms with Crippen LogP contribution in [0, 0.1) is 0 Å². The van der Waals surface area contributed by atoms with Crippen molar-refractivity contribution in [3.8, 4) is 0 Å². The smallest absolute Gasteiger partial charge is 0.243 e. The quantitative estimate of drug-likeness (QED) is 0.793. The van der Waals surface area contributed by atoms with E-state index >= 15 is 0 Å². The second-order valence-corrected chi connectivity index (χ2v) is 5.52. The van der Waals surface area contributed by atoms with Gasteiger partial charge in [-0.1, -0.05) is 31.2 Å². The van der Waals surface area contributed by atoms with Gasteiger partial charge in [-0.15, -0.1) is 5.10 Å². The molecule has 0 unspecified atom stereocenters. The SMILES string of the molecule is CCc1ccc(CNc2nc3ccc(Br)cn3n2)cc1. The van der Waals surface area contributed by atoms with Crippen LogP contribution in [0.1, 0.15) is 18.1 Å². The number of nitrogens with one attached hydrogen (secondary N) is 1. The van der Waals surface area contributed by atoms with Gasteiger partial charge in [-0.05, 0) is 45.6 Å². The van der Waals surface area contributed by atoms with E-state index in [0.717, 1.165) is 23.1 Å². The minimum Gasteiger partial charge on any atom is -0.349 e. The molecule has 3 rings (SSSR count). The number of pyridine rings is 1. The Morgan fingerprint density at radius 2 is 1.85 bits per heavy atom. The van der Waals surface area contributed by atoms with E-state index in [4.69, 9.17) is 0 Å². The summed E-state index contributed by atoms with van der Waals surface area (Å²) in [5, 5.41) is 7.64. The van der Waals surface area contributed by atoms with Crippen molar-refractivity contribution in [3.05, 3.63) is 58.2 Å². The maximum atomic E-state index is 4.42. The van der Waals surface area contributed by atoms with E-state index < -0.39 is 0 Å². The summed E-state index contributed by atoms with van der Waals surface area (Å²) in [6.07, 6.45) is 2.96. The summed E-state index contributed by atoms with van der Waals surface area (Å²) in [6.45, 7) is 2.88. The standard InChI is InChI=1S/C15H15BrN4/c1-2-11-3-5-12(6-4-11)9-17-15-18-14-8-7-13(16)10-20(14)19-15/h3-8,10H,2,9H2,1H3,(H,17,19). The van der Waals surface area contributed by atoms with Crippen LogP contribution in [0.25, 0.3) is 5.65 Å². The molecule has 20 heavy (non-hydrogen) atoms. The highest BCUT2D eigenvalue weighted by molar-refractivity contribution is 9.10. The molecule has 0 aliphatic carbocycles. The van der Waals surface area contributed by atoms with E-state index in [9.17, 15) is 0 Å². The molecule has 0 saturated carbocycles. The highest BCUT2D eigenvalue weighted by atomic mass is 79.9. The van der Waals surface area contributed by atoms with Gasteiger partial charge in [-0.25, -0.2) is 4.52 Å². The van der Waals surface area contributed by atoms with Crippen LogP contribution >= 0.6 is 15.9 Å². The molecule has 0 bridgehead atoms. The maximum Gasteiger partial charge on any atom is 0.243 e. The minimum atomic E-state index is 0.641. The maximum absolute atomic E-state index is 4.42. The van der Waals surface area contributed by atoms with Crippen molar-refractivity contribution in [3.63, 3.8) is 0 Å². The van der Waals surface area contributed by atoms with E-state index in [2.05, 4.69) is 62.5 Å². The number of fused-ring (bicyclic) bond motifs is 1. The van der Waals surface area contributed by atoms with Crippen molar-refractivity contribution >= 4 is 27.5 Å². The van der Waals surface area contributed by atoms with Crippen LogP contribution in [0.2, 0.25) is 0 Å². The zero-order valence-corrected chi connectivity index (χ0v) is 12.8. The van der Waals surface area contributed by atoms with Crippen LogP contribution in [-0.4, -0.2) is 14.6 Å². The number of halogens is 1. The molecule has 0 aliphatic heterocycles. The van der Waals surface area contributed by atoms with Gasteiger partial charge in [-0.2, -0.15) is 4.98 Å². The van der Waals surface area contributed by atoms with E-state index in [-0.39, 0.29) is 0 Å². The number of nitrogens with zero attached hydrogens (tertiary/aromatic N) is 3.